The molecule has 0 unspecified atom stereocenters. The fourth-order valence-corrected chi connectivity index (χ4v) is 4.81. The van der Waals surface area contributed by atoms with Gasteiger partial charge in [-0.2, -0.15) is 0 Å². The molecule has 4 rings (SSSR count). The third-order valence-corrected chi connectivity index (χ3v) is 6.08. The molecule has 1 aromatic rings. The van der Waals surface area contributed by atoms with Crippen molar-refractivity contribution in [1.82, 2.24) is 4.90 Å². The van der Waals surface area contributed by atoms with Crippen LogP contribution in [-0.4, -0.2) is 29.9 Å². The molecule has 1 N–H and O–H groups in total. The predicted octanol–water partition coefficient (Wildman–Crippen LogP) is 3.66. The molecule has 23 heavy (non-hydrogen) atoms. The zero-order chi connectivity index (χ0) is 15.8. The second-order valence-corrected chi connectivity index (χ2v) is 7.53. The molecule has 2 aliphatic carbocycles. The van der Waals surface area contributed by atoms with E-state index in [1.54, 1.807) is 12.1 Å². The minimum Gasteiger partial charge on any atom is -0.382 e. The van der Waals surface area contributed by atoms with Crippen LogP contribution in [0.15, 0.2) is 24.3 Å². The molecule has 3 fully saturated rings. The molecular formula is C19H25FN2O. The predicted molar refractivity (Wildman–Crippen MR) is 88.6 cm³/mol. The van der Waals surface area contributed by atoms with Crippen molar-refractivity contribution >= 4 is 11.6 Å². The summed E-state index contributed by atoms with van der Waals surface area (Å²) < 4.78 is 12.9. The van der Waals surface area contributed by atoms with Crippen molar-refractivity contribution in [2.75, 3.05) is 18.4 Å². The fourth-order valence-electron chi connectivity index (χ4n) is 4.81. The first kappa shape index (κ1) is 15.0. The molecule has 3 aliphatic rings. The Morgan fingerprint density at radius 1 is 1.04 bits per heavy atom. The molecule has 0 spiro atoms. The fraction of sp³-hybridized carbons (Fsp3) is 0.632. The molecule has 1 saturated heterocycles. The molecule has 3 atom stereocenters. The van der Waals surface area contributed by atoms with Crippen molar-refractivity contribution in [3.63, 3.8) is 0 Å². The zero-order valence-corrected chi connectivity index (χ0v) is 13.5. The first-order valence-electron chi connectivity index (χ1n) is 9.00. The molecule has 2 bridgehead atoms. The molecule has 4 heteroatoms. The number of nitrogens with one attached hydrogen (secondary N) is 1. The first-order valence-corrected chi connectivity index (χ1v) is 9.00. The summed E-state index contributed by atoms with van der Waals surface area (Å²) in [4.78, 5) is 14.8. The van der Waals surface area contributed by atoms with Gasteiger partial charge in [0.25, 0.3) is 0 Å². The number of carbonyl (C=O) groups is 1. The van der Waals surface area contributed by atoms with E-state index >= 15 is 0 Å². The monoisotopic (exact) mass is 316 g/mol. The van der Waals surface area contributed by atoms with Gasteiger partial charge in [0.1, 0.15) is 5.82 Å². The van der Waals surface area contributed by atoms with Crippen LogP contribution >= 0.6 is 0 Å². The molecule has 1 aromatic carbocycles. The number of rotatable bonds is 3. The number of carbonyl (C=O) groups excluding carboxylic acids is 1. The van der Waals surface area contributed by atoms with Crippen molar-refractivity contribution in [1.29, 1.82) is 0 Å². The summed E-state index contributed by atoms with van der Waals surface area (Å²) in [6, 6.07) is 6.90. The quantitative estimate of drug-likeness (QED) is 0.923. The Kier molecular flexibility index (Phi) is 4.00. The smallest absolute Gasteiger partial charge is 0.225 e. The van der Waals surface area contributed by atoms with E-state index in [1.165, 1.54) is 31.4 Å². The van der Waals surface area contributed by atoms with Gasteiger partial charge in [-0.25, -0.2) is 4.39 Å². The van der Waals surface area contributed by atoms with Gasteiger partial charge in [0.15, 0.2) is 0 Å². The van der Waals surface area contributed by atoms with Crippen LogP contribution in [0.4, 0.5) is 10.1 Å². The molecular weight excluding hydrogens is 291 g/mol. The Bertz CT molecular complexity index is 565. The van der Waals surface area contributed by atoms with Crippen molar-refractivity contribution in [2.24, 2.45) is 17.8 Å². The van der Waals surface area contributed by atoms with Gasteiger partial charge in [0.05, 0.1) is 0 Å². The van der Waals surface area contributed by atoms with E-state index < -0.39 is 0 Å². The van der Waals surface area contributed by atoms with Gasteiger partial charge in [0.2, 0.25) is 5.91 Å². The van der Waals surface area contributed by atoms with Crippen molar-refractivity contribution in [2.45, 2.75) is 44.6 Å². The van der Waals surface area contributed by atoms with Crippen LogP contribution in [0.2, 0.25) is 0 Å². The summed E-state index contributed by atoms with van der Waals surface area (Å²) in [6.45, 7) is 1.71. The van der Waals surface area contributed by atoms with Gasteiger partial charge in [-0.05, 0) is 68.2 Å². The Morgan fingerprint density at radius 3 is 2.39 bits per heavy atom. The highest BCUT2D eigenvalue weighted by molar-refractivity contribution is 5.79. The van der Waals surface area contributed by atoms with E-state index in [2.05, 4.69) is 10.2 Å². The average Bonchev–Trinajstić information content (AvgIpc) is 3.20. The number of likely N-dealkylation sites (tertiary alicyclic amines) is 1. The summed E-state index contributed by atoms with van der Waals surface area (Å²) in [5, 5.41) is 3.46. The van der Waals surface area contributed by atoms with Gasteiger partial charge in [-0.15, -0.1) is 0 Å². The van der Waals surface area contributed by atoms with Crippen LogP contribution < -0.4 is 5.32 Å². The van der Waals surface area contributed by atoms with E-state index in [-0.39, 0.29) is 5.82 Å². The summed E-state index contributed by atoms with van der Waals surface area (Å²) >= 11 is 0. The Labute approximate surface area is 137 Å². The second kappa shape index (κ2) is 6.14. The lowest BCUT2D eigenvalue weighted by molar-refractivity contribution is -0.138. The molecule has 0 aromatic heterocycles. The van der Waals surface area contributed by atoms with Crippen LogP contribution in [0.1, 0.15) is 38.5 Å². The number of fused-ring (bicyclic) bond motifs is 2. The molecule has 1 aliphatic heterocycles. The highest BCUT2D eigenvalue weighted by Crippen LogP contribution is 2.49. The summed E-state index contributed by atoms with van der Waals surface area (Å²) in [6.07, 6.45) is 6.99. The number of nitrogens with zero attached hydrogens (tertiary/aromatic N) is 1. The molecule has 3 nitrogen and oxygen atoms in total. The highest BCUT2D eigenvalue weighted by Gasteiger charge is 2.44. The van der Waals surface area contributed by atoms with E-state index in [0.717, 1.165) is 44.0 Å². The number of anilines is 1. The topological polar surface area (TPSA) is 32.3 Å². The number of piperidine rings is 1. The maximum atomic E-state index is 12.9. The van der Waals surface area contributed by atoms with Crippen molar-refractivity contribution in [3.05, 3.63) is 30.1 Å². The second-order valence-electron chi connectivity index (χ2n) is 7.53. The standard InChI is InChI=1S/C19H25FN2O/c20-15-3-5-16(6-4-15)21-17-7-9-22(10-8-17)19(23)18-12-13-1-2-14(18)11-13/h3-6,13-14,17-18,21H,1-2,7-12H2/t13-,14-,18-/m0/s1. The Balaban J connectivity index is 1.29. The van der Waals surface area contributed by atoms with E-state index in [0.29, 0.717) is 23.8 Å². The maximum absolute atomic E-state index is 12.9. The van der Waals surface area contributed by atoms with Gasteiger partial charge < -0.3 is 10.2 Å². The third-order valence-electron chi connectivity index (χ3n) is 6.08. The van der Waals surface area contributed by atoms with Crippen LogP contribution in [-0.2, 0) is 4.79 Å². The summed E-state index contributed by atoms with van der Waals surface area (Å²) in [5.74, 6) is 2.02. The van der Waals surface area contributed by atoms with E-state index in [1.807, 2.05) is 0 Å². The lowest BCUT2D eigenvalue weighted by Gasteiger charge is -2.36. The van der Waals surface area contributed by atoms with Gasteiger partial charge in [-0.3, -0.25) is 4.79 Å². The normalized spacial score (nSPS) is 30.7. The van der Waals surface area contributed by atoms with Crippen molar-refractivity contribution < 1.29 is 9.18 Å². The van der Waals surface area contributed by atoms with Gasteiger partial charge >= 0.3 is 0 Å². The maximum Gasteiger partial charge on any atom is 0.225 e. The van der Waals surface area contributed by atoms with E-state index in [4.69, 9.17) is 0 Å². The number of halogens is 1. The zero-order valence-electron chi connectivity index (χ0n) is 13.5. The number of amides is 1. The molecule has 1 amide bonds. The van der Waals surface area contributed by atoms with Crippen LogP contribution in [0.3, 0.4) is 0 Å². The number of hydrogen-bond donors (Lipinski definition) is 1. The molecule has 2 saturated carbocycles. The van der Waals surface area contributed by atoms with Gasteiger partial charge in [0, 0.05) is 30.7 Å². The first-order chi connectivity index (χ1) is 11.2. The average molecular weight is 316 g/mol. The third kappa shape index (κ3) is 3.08. The van der Waals surface area contributed by atoms with Gasteiger partial charge in [-0.1, -0.05) is 6.42 Å². The molecule has 0 radical (unpaired) electrons. The number of benzene rings is 1. The van der Waals surface area contributed by atoms with Crippen LogP contribution in [0.5, 0.6) is 0 Å². The van der Waals surface area contributed by atoms with Crippen molar-refractivity contribution in [3.8, 4) is 0 Å². The minimum absolute atomic E-state index is 0.207. The molecule has 1 heterocycles. The minimum atomic E-state index is -0.207. The van der Waals surface area contributed by atoms with E-state index in [9.17, 15) is 9.18 Å². The highest BCUT2D eigenvalue weighted by atomic mass is 19.1. The SMILES string of the molecule is O=C([C@H]1C[C@H]2CC[C@H]1C2)N1CCC(Nc2ccc(F)cc2)CC1. The summed E-state index contributed by atoms with van der Waals surface area (Å²) in [5.41, 5.74) is 0.962. The number of hydrogen-bond acceptors (Lipinski definition) is 2. The lowest BCUT2D eigenvalue weighted by Crippen LogP contribution is -2.45. The van der Waals surface area contributed by atoms with Crippen LogP contribution in [0, 0.1) is 23.6 Å². The Hall–Kier alpha value is -1.58. The van der Waals surface area contributed by atoms with Crippen LogP contribution in [0.25, 0.3) is 0 Å². The summed E-state index contributed by atoms with van der Waals surface area (Å²) in [7, 11) is 0. The largest absolute Gasteiger partial charge is 0.382 e. The molecule has 124 valence electrons. The Morgan fingerprint density at radius 2 is 1.78 bits per heavy atom. The lowest BCUT2D eigenvalue weighted by atomic mass is 9.87.